The van der Waals surface area contributed by atoms with E-state index in [1.807, 2.05) is 0 Å². The number of hydrogen-bond donors (Lipinski definition) is 0. The van der Waals surface area contributed by atoms with Gasteiger partial charge in [-0.25, -0.2) is 4.39 Å². The Bertz CT molecular complexity index is 448. The van der Waals surface area contributed by atoms with Gasteiger partial charge in [-0.05, 0) is 25.1 Å². The van der Waals surface area contributed by atoms with Gasteiger partial charge in [0.2, 0.25) is 0 Å². The summed E-state index contributed by atoms with van der Waals surface area (Å²) in [5.41, 5.74) is 0. The summed E-state index contributed by atoms with van der Waals surface area (Å²) in [7, 11) is 0. The normalized spacial score (nSPS) is 9.94. The molecule has 4 nitrogen and oxygen atoms in total. The molecule has 0 spiro atoms. The highest BCUT2D eigenvalue weighted by Crippen LogP contribution is 2.21. The maximum atomic E-state index is 13.3. The van der Waals surface area contributed by atoms with E-state index in [4.69, 9.17) is 4.74 Å². The number of esters is 1. The zero-order valence-corrected chi connectivity index (χ0v) is 11.3. The molecule has 0 radical (unpaired) electrons. The second-order valence-electron chi connectivity index (χ2n) is 3.38. The van der Waals surface area contributed by atoms with Gasteiger partial charge in [-0.2, -0.15) is 0 Å². The third-order valence-corrected chi connectivity index (χ3v) is 2.42. The van der Waals surface area contributed by atoms with E-state index in [1.165, 1.54) is 12.1 Å². The van der Waals surface area contributed by atoms with Crippen LogP contribution < -0.4 is 4.74 Å². The highest BCUT2D eigenvalue weighted by atomic mass is 79.9. The first-order valence-electron chi connectivity index (χ1n) is 5.28. The number of ether oxygens (including phenoxy) is 2. The van der Waals surface area contributed by atoms with Gasteiger partial charge in [0.1, 0.15) is 13.0 Å². The smallest absolute Gasteiger partial charge is 0.313 e. The fraction of sp³-hybridized carbons (Fsp3) is 0.333. The van der Waals surface area contributed by atoms with Crippen LogP contribution in [0.1, 0.15) is 13.3 Å². The molecule has 0 saturated carbocycles. The van der Waals surface area contributed by atoms with Crippen LogP contribution in [0.3, 0.4) is 0 Å². The average Bonchev–Trinajstić information content (AvgIpc) is 2.28. The summed E-state index contributed by atoms with van der Waals surface area (Å²) < 4.78 is 23.5. The van der Waals surface area contributed by atoms with E-state index < -0.39 is 17.6 Å². The molecule has 0 atom stereocenters. The predicted molar refractivity (Wildman–Crippen MR) is 65.9 cm³/mol. The third kappa shape index (κ3) is 4.83. The Kier molecular flexibility index (Phi) is 5.77. The molecule has 1 aromatic carbocycles. The highest BCUT2D eigenvalue weighted by molar-refractivity contribution is 9.10. The maximum absolute atomic E-state index is 13.3. The summed E-state index contributed by atoms with van der Waals surface area (Å²) in [4.78, 5) is 22.3. The molecule has 0 aliphatic carbocycles. The molecule has 6 heteroatoms. The first-order valence-corrected chi connectivity index (χ1v) is 6.07. The Morgan fingerprint density at radius 2 is 2.11 bits per heavy atom. The lowest BCUT2D eigenvalue weighted by Crippen LogP contribution is -2.17. The van der Waals surface area contributed by atoms with Crippen molar-refractivity contribution in [2.45, 2.75) is 13.3 Å². The molecule has 18 heavy (non-hydrogen) atoms. The molecule has 1 rings (SSSR count). The lowest BCUT2D eigenvalue weighted by atomic mass is 10.3. The number of ketones is 1. The molecule has 0 amide bonds. The number of rotatable bonds is 6. The van der Waals surface area contributed by atoms with Crippen molar-refractivity contribution in [1.82, 2.24) is 0 Å². The van der Waals surface area contributed by atoms with Gasteiger partial charge in [-0.1, -0.05) is 15.9 Å². The second-order valence-corrected chi connectivity index (χ2v) is 4.30. The van der Waals surface area contributed by atoms with E-state index in [0.717, 1.165) is 0 Å². The van der Waals surface area contributed by atoms with Gasteiger partial charge in [0, 0.05) is 4.47 Å². The molecule has 0 N–H and O–H groups in total. The Balaban J connectivity index is 2.45. The number of carbonyl (C=O) groups is 2. The Morgan fingerprint density at radius 1 is 1.39 bits per heavy atom. The molecule has 0 aliphatic rings. The number of hydrogen-bond acceptors (Lipinski definition) is 4. The van der Waals surface area contributed by atoms with Gasteiger partial charge < -0.3 is 9.47 Å². The lowest BCUT2D eigenvalue weighted by molar-refractivity contribution is -0.145. The van der Waals surface area contributed by atoms with Crippen LogP contribution in [0.4, 0.5) is 4.39 Å². The van der Waals surface area contributed by atoms with Crippen molar-refractivity contribution in [1.29, 1.82) is 0 Å². The summed E-state index contributed by atoms with van der Waals surface area (Å²) in [5, 5.41) is 0. The van der Waals surface area contributed by atoms with E-state index in [2.05, 4.69) is 20.7 Å². The van der Waals surface area contributed by atoms with Crippen molar-refractivity contribution in [3.8, 4) is 5.75 Å². The quantitative estimate of drug-likeness (QED) is 0.597. The van der Waals surface area contributed by atoms with E-state index in [1.54, 1.807) is 13.0 Å². The average molecular weight is 319 g/mol. The molecular weight excluding hydrogens is 307 g/mol. The Morgan fingerprint density at radius 3 is 2.72 bits per heavy atom. The molecule has 1 aromatic rings. The standard InChI is InChI=1S/C12H12BrFO4/c1-2-17-12(16)6-9(15)7-18-11-4-3-8(13)5-10(11)14/h3-5H,2,6-7H2,1H3. The SMILES string of the molecule is CCOC(=O)CC(=O)COc1ccc(Br)cc1F. The zero-order chi connectivity index (χ0) is 13.5. The van der Waals surface area contributed by atoms with Gasteiger partial charge in [0.15, 0.2) is 17.3 Å². The van der Waals surface area contributed by atoms with Crippen molar-refractivity contribution in [3.63, 3.8) is 0 Å². The van der Waals surface area contributed by atoms with Crippen molar-refractivity contribution in [2.24, 2.45) is 0 Å². The van der Waals surface area contributed by atoms with Crippen LogP contribution in [0, 0.1) is 5.82 Å². The molecule has 0 bridgehead atoms. The number of benzene rings is 1. The molecule has 0 aliphatic heterocycles. The molecule has 0 aromatic heterocycles. The van der Waals surface area contributed by atoms with Gasteiger partial charge in [0.05, 0.1) is 6.61 Å². The van der Waals surface area contributed by atoms with Gasteiger partial charge >= 0.3 is 5.97 Å². The van der Waals surface area contributed by atoms with E-state index in [0.29, 0.717) is 4.47 Å². The first-order chi connectivity index (χ1) is 8.52. The zero-order valence-electron chi connectivity index (χ0n) is 9.74. The van der Waals surface area contributed by atoms with Crippen LogP contribution in [0.25, 0.3) is 0 Å². The minimum atomic E-state index is -0.609. The fourth-order valence-electron chi connectivity index (χ4n) is 1.17. The van der Waals surface area contributed by atoms with Crippen LogP contribution >= 0.6 is 15.9 Å². The second kappa shape index (κ2) is 7.10. The van der Waals surface area contributed by atoms with Gasteiger partial charge in [-0.15, -0.1) is 0 Å². The summed E-state index contributed by atoms with van der Waals surface area (Å²) >= 11 is 3.10. The van der Waals surface area contributed by atoms with Crippen LogP contribution in [0.15, 0.2) is 22.7 Å². The third-order valence-electron chi connectivity index (χ3n) is 1.93. The van der Waals surface area contributed by atoms with E-state index in [-0.39, 0.29) is 25.4 Å². The van der Waals surface area contributed by atoms with Crippen LogP contribution in [0.5, 0.6) is 5.75 Å². The molecular formula is C12H12BrFO4. The van der Waals surface area contributed by atoms with Gasteiger partial charge in [0.25, 0.3) is 0 Å². The Hall–Kier alpha value is -1.43. The van der Waals surface area contributed by atoms with Crippen molar-refractivity contribution >= 4 is 27.7 Å². The summed E-state index contributed by atoms with van der Waals surface area (Å²) in [6, 6.07) is 4.22. The number of Topliss-reactive ketones (excluding diaryl/α,β-unsaturated/α-hetero) is 1. The van der Waals surface area contributed by atoms with Crippen molar-refractivity contribution in [3.05, 3.63) is 28.5 Å². The predicted octanol–water partition coefficient (Wildman–Crippen LogP) is 2.49. The van der Waals surface area contributed by atoms with Crippen LogP contribution in [-0.2, 0) is 14.3 Å². The first kappa shape index (κ1) is 14.6. The fourth-order valence-corrected chi connectivity index (χ4v) is 1.51. The topological polar surface area (TPSA) is 52.6 Å². The summed E-state index contributed by atoms with van der Waals surface area (Å²) in [6.07, 6.45) is -0.369. The molecule has 0 fully saturated rings. The Labute approximate surface area is 112 Å². The van der Waals surface area contributed by atoms with Crippen molar-refractivity contribution in [2.75, 3.05) is 13.2 Å². The molecule has 98 valence electrons. The van der Waals surface area contributed by atoms with Crippen molar-refractivity contribution < 1.29 is 23.5 Å². The van der Waals surface area contributed by atoms with E-state index >= 15 is 0 Å². The maximum Gasteiger partial charge on any atom is 0.313 e. The minimum absolute atomic E-state index is 0.0320. The van der Waals surface area contributed by atoms with Gasteiger partial charge in [-0.3, -0.25) is 9.59 Å². The molecule has 0 saturated heterocycles. The summed E-state index contributed by atoms with van der Waals surface area (Å²) in [5.74, 6) is -1.68. The van der Waals surface area contributed by atoms with E-state index in [9.17, 15) is 14.0 Å². The summed E-state index contributed by atoms with van der Waals surface area (Å²) in [6.45, 7) is 1.50. The number of carbonyl (C=O) groups excluding carboxylic acids is 2. The van der Waals surface area contributed by atoms with Crippen LogP contribution in [-0.4, -0.2) is 25.0 Å². The number of halogens is 2. The largest absolute Gasteiger partial charge is 0.483 e. The minimum Gasteiger partial charge on any atom is -0.483 e. The highest BCUT2D eigenvalue weighted by Gasteiger charge is 2.12. The monoisotopic (exact) mass is 318 g/mol. The lowest BCUT2D eigenvalue weighted by Gasteiger charge is -2.06. The van der Waals surface area contributed by atoms with Crippen LogP contribution in [0.2, 0.25) is 0 Å². The molecule has 0 heterocycles. The molecule has 0 unspecified atom stereocenters.